The first-order valence-corrected chi connectivity index (χ1v) is 10.1. The highest BCUT2D eigenvalue weighted by Crippen LogP contribution is 2.33. The topological polar surface area (TPSA) is 49.7 Å². The molecule has 1 amide bonds. The number of benzene rings is 1. The van der Waals surface area contributed by atoms with Crippen molar-refractivity contribution in [2.45, 2.75) is 20.8 Å². The lowest BCUT2D eigenvalue weighted by Gasteiger charge is -2.32. The van der Waals surface area contributed by atoms with Gasteiger partial charge in [0.1, 0.15) is 0 Å². The fourth-order valence-electron chi connectivity index (χ4n) is 3.05. The van der Waals surface area contributed by atoms with Crippen molar-refractivity contribution in [3.8, 4) is 0 Å². The molecule has 5 nitrogen and oxygen atoms in total. The lowest BCUT2D eigenvalue weighted by Crippen LogP contribution is -3.15. The minimum atomic E-state index is 0.0582. The van der Waals surface area contributed by atoms with Crippen LogP contribution in [0.2, 0.25) is 5.02 Å². The maximum atomic E-state index is 11.6. The average Bonchev–Trinajstić information content (AvgIpc) is 3.03. The van der Waals surface area contributed by atoms with Crippen LogP contribution in [0.4, 0.5) is 5.13 Å². The van der Waals surface area contributed by atoms with Gasteiger partial charge in [-0.15, -0.1) is 0 Å². The second-order valence-electron chi connectivity index (χ2n) is 6.95. The van der Waals surface area contributed by atoms with E-state index in [2.05, 4.69) is 16.3 Å². The Morgan fingerprint density at radius 3 is 2.80 bits per heavy atom. The Morgan fingerprint density at radius 1 is 1.40 bits per heavy atom. The number of piperazine rings is 1. The molecule has 136 valence electrons. The number of halogens is 1. The average molecular weight is 382 g/mol. The second-order valence-corrected chi connectivity index (χ2v) is 8.36. The van der Waals surface area contributed by atoms with Crippen molar-refractivity contribution in [3.05, 3.63) is 22.7 Å². The number of fused-ring (bicyclic) bond motifs is 1. The number of anilines is 1. The molecule has 0 saturated carbocycles. The number of aromatic nitrogens is 1. The Morgan fingerprint density at radius 2 is 2.12 bits per heavy atom. The predicted octanol–water partition coefficient (Wildman–Crippen LogP) is 1.74. The number of thiazole rings is 1. The van der Waals surface area contributed by atoms with Crippen molar-refractivity contribution in [2.75, 3.05) is 44.2 Å². The summed E-state index contributed by atoms with van der Waals surface area (Å²) in [6, 6.07) is 4.01. The summed E-state index contributed by atoms with van der Waals surface area (Å²) >= 11 is 7.95. The quantitative estimate of drug-likeness (QED) is 0.829. The molecule has 1 aromatic carbocycles. The number of hydrogen-bond donors (Lipinski definition) is 2. The summed E-state index contributed by atoms with van der Waals surface area (Å²) in [4.78, 5) is 20.3. The Bertz CT molecular complexity index is 753. The number of nitrogens with zero attached hydrogens (tertiary/aromatic N) is 2. The third-order valence-corrected chi connectivity index (χ3v) is 6.27. The zero-order valence-electron chi connectivity index (χ0n) is 15.1. The summed E-state index contributed by atoms with van der Waals surface area (Å²) in [5.41, 5.74) is 2.09. The van der Waals surface area contributed by atoms with E-state index in [1.54, 1.807) is 16.2 Å². The first-order chi connectivity index (χ1) is 12.0. The maximum Gasteiger partial charge on any atom is 0.222 e. The molecule has 7 heteroatoms. The van der Waals surface area contributed by atoms with Crippen LogP contribution in [0.5, 0.6) is 0 Å². The van der Waals surface area contributed by atoms with Crippen LogP contribution < -0.4 is 15.1 Å². The van der Waals surface area contributed by atoms with E-state index in [1.165, 1.54) is 4.70 Å². The Hall–Kier alpha value is -1.37. The molecule has 0 spiro atoms. The largest absolute Gasteiger partial charge is 0.350 e. The summed E-state index contributed by atoms with van der Waals surface area (Å²) in [6.45, 7) is 11.8. The van der Waals surface area contributed by atoms with Gasteiger partial charge in [-0.2, -0.15) is 0 Å². The highest BCUT2D eigenvalue weighted by atomic mass is 35.5. The van der Waals surface area contributed by atoms with E-state index in [-0.39, 0.29) is 11.8 Å². The van der Waals surface area contributed by atoms with Gasteiger partial charge in [-0.3, -0.25) is 4.79 Å². The van der Waals surface area contributed by atoms with E-state index < -0.39 is 0 Å². The molecule has 1 saturated heterocycles. The highest BCUT2D eigenvalue weighted by Gasteiger charge is 2.23. The maximum absolute atomic E-state index is 11.6. The van der Waals surface area contributed by atoms with Gasteiger partial charge in [0.25, 0.3) is 0 Å². The molecule has 0 atom stereocenters. The van der Waals surface area contributed by atoms with E-state index in [1.807, 2.05) is 26.8 Å². The van der Waals surface area contributed by atoms with Gasteiger partial charge in [0, 0.05) is 10.9 Å². The molecular formula is C18H26ClN4OS+. The summed E-state index contributed by atoms with van der Waals surface area (Å²) in [5, 5.41) is 4.88. The van der Waals surface area contributed by atoms with Gasteiger partial charge in [0.15, 0.2) is 5.13 Å². The van der Waals surface area contributed by atoms with Crippen molar-refractivity contribution >= 4 is 44.2 Å². The van der Waals surface area contributed by atoms with Gasteiger partial charge in [-0.05, 0) is 24.6 Å². The summed E-state index contributed by atoms with van der Waals surface area (Å²) in [5.74, 6) is 0.199. The normalized spacial score (nSPS) is 16.0. The number of aryl methyl sites for hydroxylation is 1. The van der Waals surface area contributed by atoms with Crippen LogP contribution in [0.3, 0.4) is 0 Å². The number of carbonyl (C=O) groups is 1. The van der Waals surface area contributed by atoms with Crippen LogP contribution in [0.15, 0.2) is 12.1 Å². The lowest BCUT2D eigenvalue weighted by atomic mass is 10.2. The molecule has 1 aliphatic heterocycles. The molecular weight excluding hydrogens is 356 g/mol. The summed E-state index contributed by atoms with van der Waals surface area (Å²) in [7, 11) is 0. The third-order valence-electron chi connectivity index (χ3n) is 4.78. The number of amides is 1. The van der Waals surface area contributed by atoms with Crippen molar-refractivity contribution in [3.63, 3.8) is 0 Å². The predicted molar refractivity (Wildman–Crippen MR) is 105 cm³/mol. The number of carbonyl (C=O) groups excluding carboxylic acids is 1. The zero-order chi connectivity index (χ0) is 18.0. The summed E-state index contributed by atoms with van der Waals surface area (Å²) < 4.78 is 1.20. The van der Waals surface area contributed by atoms with Crippen LogP contribution in [0.1, 0.15) is 19.4 Å². The lowest BCUT2D eigenvalue weighted by molar-refractivity contribution is -0.899. The first-order valence-electron chi connectivity index (χ1n) is 8.87. The molecule has 0 unspecified atom stereocenters. The van der Waals surface area contributed by atoms with Crippen molar-refractivity contribution in [2.24, 2.45) is 5.92 Å². The minimum absolute atomic E-state index is 0.0582. The molecule has 1 aliphatic rings. The second kappa shape index (κ2) is 7.89. The van der Waals surface area contributed by atoms with Gasteiger partial charge in [-0.25, -0.2) is 4.98 Å². The van der Waals surface area contributed by atoms with Gasteiger partial charge in [0.05, 0.1) is 49.5 Å². The van der Waals surface area contributed by atoms with Gasteiger partial charge < -0.3 is 15.1 Å². The number of quaternary nitrogens is 1. The summed E-state index contributed by atoms with van der Waals surface area (Å²) in [6.07, 6.45) is 0. The molecule has 0 radical (unpaired) electrons. The van der Waals surface area contributed by atoms with Crippen molar-refractivity contribution in [1.29, 1.82) is 0 Å². The fraction of sp³-hybridized carbons (Fsp3) is 0.556. The third kappa shape index (κ3) is 4.25. The number of rotatable bonds is 5. The molecule has 3 rings (SSSR count). The van der Waals surface area contributed by atoms with Crippen LogP contribution >= 0.6 is 22.9 Å². The van der Waals surface area contributed by atoms with Crippen molar-refractivity contribution < 1.29 is 9.69 Å². The van der Waals surface area contributed by atoms with Crippen LogP contribution in [-0.2, 0) is 4.79 Å². The van der Waals surface area contributed by atoms with Gasteiger partial charge >= 0.3 is 0 Å². The van der Waals surface area contributed by atoms with Crippen LogP contribution in [0.25, 0.3) is 10.2 Å². The Labute approximate surface area is 158 Å². The molecule has 2 aromatic rings. The van der Waals surface area contributed by atoms with Crippen molar-refractivity contribution in [1.82, 2.24) is 10.3 Å². The fourth-order valence-corrected chi connectivity index (χ4v) is 4.28. The minimum Gasteiger partial charge on any atom is -0.350 e. The Kier molecular flexibility index (Phi) is 5.81. The zero-order valence-corrected chi connectivity index (χ0v) is 16.6. The SMILES string of the molecule is Cc1c(Cl)ccc2sc(N3CC[NH+](CCNC(=O)C(C)C)CC3)nc12. The molecule has 0 bridgehead atoms. The van der Waals surface area contributed by atoms with Crippen LogP contribution in [0, 0.1) is 12.8 Å². The number of hydrogen-bond acceptors (Lipinski definition) is 4. The van der Waals surface area contributed by atoms with E-state index >= 15 is 0 Å². The van der Waals surface area contributed by atoms with E-state index in [4.69, 9.17) is 16.6 Å². The van der Waals surface area contributed by atoms with Gasteiger partial charge in [-0.1, -0.05) is 36.8 Å². The highest BCUT2D eigenvalue weighted by molar-refractivity contribution is 7.22. The number of nitrogens with one attached hydrogen (secondary N) is 2. The smallest absolute Gasteiger partial charge is 0.222 e. The van der Waals surface area contributed by atoms with E-state index in [9.17, 15) is 4.79 Å². The molecule has 1 fully saturated rings. The molecule has 25 heavy (non-hydrogen) atoms. The van der Waals surface area contributed by atoms with E-state index in [0.717, 1.165) is 60.5 Å². The monoisotopic (exact) mass is 381 g/mol. The molecule has 2 heterocycles. The Balaban J connectivity index is 1.54. The molecule has 2 N–H and O–H groups in total. The van der Waals surface area contributed by atoms with E-state index in [0.29, 0.717) is 0 Å². The standard InChI is InChI=1S/C18H25ClN4OS/c1-12(2)17(24)20-6-7-22-8-10-23(11-9-22)18-21-16-13(3)14(19)4-5-15(16)25-18/h4-5,12H,6-11H2,1-3H3,(H,20,24)/p+1. The first kappa shape index (κ1) is 18.4. The molecule has 0 aliphatic carbocycles. The van der Waals surface area contributed by atoms with Crippen LogP contribution in [-0.4, -0.2) is 50.2 Å². The van der Waals surface area contributed by atoms with Gasteiger partial charge in [0.2, 0.25) is 5.91 Å². The molecule has 1 aromatic heterocycles.